The number of carbonyl (C=O) groups excluding carboxylic acids is 2. The van der Waals surface area contributed by atoms with Crippen molar-refractivity contribution in [2.24, 2.45) is 7.05 Å². The SMILES string of the molecule is Cc1csc(NC(=O)CSc2nnc(CC(=O)Nc3ccc(C)c(Cl)c3)n2C)n1. The van der Waals surface area contributed by atoms with Crippen LogP contribution in [0.3, 0.4) is 0 Å². The molecule has 2 N–H and O–H groups in total. The molecule has 2 aromatic heterocycles. The minimum atomic E-state index is -0.228. The highest BCUT2D eigenvalue weighted by atomic mass is 35.5. The molecule has 0 bridgehead atoms. The Morgan fingerprint density at radius 3 is 2.69 bits per heavy atom. The van der Waals surface area contributed by atoms with E-state index < -0.39 is 0 Å². The molecule has 0 aliphatic heterocycles. The van der Waals surface area contributed by atoms with E-state index in [2.05, 4.69) is 25.8 Å². The van der Waals surface area contributed by atoms with Gasteiger partial charge in [0.05, 0.1) is 17.9 Å². The van der Waals surface area contributed by atoms with E-state index >= 15 is 0 Å². The molecule has 0 unspecified atom stereocenters. The van der Waals surface area contributed by atoms with E-state index in [1.807, 2.05) is 25.3 Å². The Morgan fingerprint density at radius 1 is 1.21 bits per heavy atom. The zero-order chi connectivity index (χ0) is 21.0. The Hall–Kier alpha value is -2.43. The number of hydrogen-bond donors (Lipinski definition) is 2. The zero-order valence-electron chi connectivity index (χ0n) is 16.0. The number of benzene rings is 1. The van der Waals surface area contributed by atoms with Crippen LogP contribution in [-0.2, 0) is 23.1 Å². The van der Waals surface area contributed by atoms with Crippen molar-refractivity contribution in [3.8, 4) is 0 Å². The molecule has 0 atom stereocenters. The lowest BCUT2D eigenvalue weighted by atomic mass is 10.2. The summed E-state index contributed by atoms with van der Waals surface area (Å²) in [6, 6.07) is 5.34. The predicted molar refractivity (Wildman–Crippen MR) is 116 cm³/mol. The van der Waals surface area contributed by atoms with Gasteiger partial charge in [-0.25, -0.2) is 4.98 Å². The lowest BCUT2D eigenvalue weighted by molar-refractivity contribution is -0.116. The average molecular weight is 451 g/mol. The van der Waals surface area contributed by atoms with Gasteiger partial charge >= 0.3 is 0 Å². The number of carbonyl (C=O) groups is 2. The molecule has 0 fully saturated rings. The maximum absolute atomic E-state index is 12.3. The Bertz CT molecular complexity index is 1050. The summed E-state index contributed by atoms with van der Waals surface area (Å²) in [5.41, 5.74) is 2.42. The lowest BCUT2D eigenvalue weighted by Gasteiger charge is -2.07. The number of nitrogens with one attached hydrogen (secondary N) is 2. The fourth-order valence-electron chi connectivity index (χ4n) is 2.34. The van der Waals surface area contributed by atoms with Gasteiger partial charge in [0.1, 0.15) is 5.82 Å². The van der Waals surface area contributed by atoms with Crippen molar-refractivity contribution in [1.82, 2.24) is 19.7 Å². The molecule has 3 rings (SSSR count). The van der Waals surface area contributed by atoms with Gasteiger partial charge in [0, 0.05) is 23.1 Å². The molecular formula is C18H19ClN6O2S2. The van der Waals surface area contributed by atoms with Gasteiger partial charge in [0.25, 0.3) is 0 Å². The molecule has 0 radical (unpaired) electrons. The van der Waals surface area contributed by atoms with Crippen LogP contribution in [0.4, 0.5) is 10.8 Å². The molecule has 29 heavy (non-hydrogen) atoms. The highest BCUT2D eigenvalue weighted by Gasteiger charge is 2.15. The minimum absolute atomic E-state index is 0.0557. The second-order valence-electron chi connectivity index (χ2n) is 6.28. The highest BCUT2D eigenvalue weighted by molar-refractivity contribution is 7.99. The molecule has 2 amide bonds. The summed E-state index contributed by atoms with van der Waals surface area (Å²) < 4.78 is 1.70. The minimum Gasteiger partial charge on any atom is -0.326 e. The van der Waals surface area contributed by atoms with Gasteiger partial charge in [0.2, 0.25) is 11.8 Å². The monoisotopic (exact) mass is 450 g/mol. The Morgan fingerprint density at radius 2 is 2.00 bits per heavy atom. The fraction of sp³-hybridized carbons (Fsp3) is 0.278. The predicted octanol–water partition coefficient (Wildman–Crippen LogP) is 3.45. The summed E-state index contributed by atoms with van der Waals surface area (Å²) in [5, 5.41) is 17.2. The Balaban J connectivity index is 1.53. The Labute approximate surface area is 181 Å². The largest absolute Gasteiger partial charge is 0.326 e. The lowest BCUT2D eigenvalue weighted by Crippen LogP contribution is -2.17. The van der Waals surface area contributed by atoms with E-state index in [0.29, 0.717) is 26.8 Å². The molecule has 0 saturated heterocycles. The van der Waals surface area contributed by atoms with Crippen molar-refractivity contribution in [2.45, 2.75) is 25.4 Å². The molecule has 11 heteroatoms. The summed E-state index contributed by atoms with van der Waals surface area (Å²) in [4.78, 5) is 28.5. The molecule has 3 aromatic rings. The number of aromatic nitrogens is 4. The first-order chi connectivity index (χ1) is 13.8. The number of amides is 2. The topological polar surface area (TPSA) is 102 Å². The standard InChI is InChI=1S/C18H19ClN6O2S2/c1-10-4-5-12(6-13(10)19)21-15(26)7-14-23-24-18(25(14)3)29-9-16(27)22-17-20-11(2)8-28-17/h4-6,8H,7,9H2,1-3H3,(H,21,26)(H,20,22,27). The van der Waals surface area contributed by atoms with Gasteiger partial charge in [-0.2, -0.15) is 0 Å². The first-order valence-corrected chi connectivity index (χ1v) is 10.8. The number of rotatable bonds is 7. The number of thiazole rings is 1. The van der Waals surface area contributed by atoms with Crippen LogP contribution in [0.15, 0.2) is 28.7 Å². The fourth-order valence-corrected chi connectivity index (χ4v) is 3.96. The van der Waals surface area contributed by atoms with Crippen molar-refractivity contribution in [2.75, 3.05) is 16.4 Å². The molecule has 2 heterocycles. The van der Waals surface area contributed by atoms with Crippen molar-refractivity contribution < 1.29 is 9.59 Å². The molecule has 0 aliphatic rings. The smallest absolute Gasteiger partial charge is 0.236 e. The van der Waals surface area contributed by atoms with Crippen LogP contribution >= 0.6 is 34.7 Å². The number of hydrogen-bond acceptors (Lipinski definition) is 7. The summed E-state index contributed by atoms with van der Waals surface area (Å²) in [6.07, 6.45) is 0.0557. The van der Waals surface area contributed by atoms with Gasteiger partial charge in [-0.3, -0.25) is 9.59 Å². The van der Waals surface area contributed by atoms with Gasteiger partial charge in [-0.15, -0.1) is 21.5 Å². The van der Waals surface area contributed by atoms with Crippen molar-refractivity contribution >= 4 is 57.3 Å². The molecule has 0 aliphatic carbocycles. The van der Waals surface area contributed by atoms with Gasteiger partial charge < -0.3 is 15.2 Å². The van der Waals surface area contributed by atoms with E-state index in [0.717, 1.165) is 11.3 Å². The van der Waals surface area contributed by atoms with E-state index in [4.69, 9.17) is 11.6 Å². The van der Waals surface area contributed by atoms with Crippen LogP contribution in [0.25, 0.3) is 0 Å². The number of halogens is 1. The number of aryl methyl sites for hydroxylation is 2. The second-order valence-corrected chi connectivity index (χ2v) is 8.49. The van der Waals surface area contributed by atoms with E-state index in [9.17, 15) is 9.59 Å². The third-order valence-electron chi connectivity index (χ3n) is 3.90. The van der Waals surface area contributed by atoms with Crippen molar-refractivity contribution in [3.63, 3.8) is 0 Å². The van der Waals surface area contributed by atoms with Gasteiger partial charge in [0.15, 0.2) is 10.3 Å². The summed E-state index contributed by atoms with van der Waals surface area (Å²) in [6.45, 7) is 3.76. The van der Waals surface area contributed by atoms with Crippen LogP contribution in [0, 0.1) is 13.8 Å². The van der Waals surface area contributed by atoms with Crippen LogP contribution in [-0.4, -0.2) is 37.3 Å². The summed E-state index contributed by atoms with van der Waals surface area (Å²) >= 11 is 8.70. The highest BCUT2D eigenvalue weighted by Crippen LogP contribution is 2.21. The van der Waals surface area contributed by atoms with Crippen LogP contribution in [0.5, 0.6) is 0 Å². The molecule has 8 nitrogen and oxygen atoms in total. The third-order valence-corrected chi connectivity index (χ3v) is 6.20. The number of anilines is 2. The normalized spacial score (nSPS) is 10.8. The second kappa shape index (κ2) is 9.38. The van der Waals surface area contributed by atoms with Crippen LogP contribution in [0.2, 0.25) is 5.02 Å². The van der Waals surface area contributed by atoms with Crippen LogP contribution < -0.4 is 10.6 Å². The third kappa shape index (κ3) is 5.78. The molecule has 1 aromatic carbocycles. The summed E-state index contributed by atoms with van der Waals surface area (Å²) in [5.74, 6) is 0.259. The molecular weight excluding hydrogens is 432 g/mol. The van der Waals surface area contributed by atoms with Gasteiger partial charge in [-0.1, -0.05) is 29.4 Å². The molecule has 0 saturated carbocycles. The maximum atomic E-state index is 12.3. The average Bonchev–Trinajstić information content (AvgIpc) is 3.22. The van der Waals surface area contributed by atoms with Crippen molar-refractivity contribution in [1.29, 1.82) is 0 Å². The Kier molecular flexibility index (Phi) is 6.88. The van der Waals surface area contributed by atoms with Crippen molar-refractivity contribution in [3.05, 3.63) is 45.7 Å². The zero-order valence-corrected chi connectivity index (χ0v) is 18.4. The molecule has 152 valence electrons. The first kappa shape index (κ1) is 21.3. The quantitative estimate of drug-likeness (QED) is 0.534. The maximum Gasteiger partial charge on any atom is 0.236 e. The van der Waals surface area contributed by atoms with Crippen LogP contribution in [0.1, 0.15) is 17.1 Å². The first-order valence-electron chi connectivity index (χ1n) is 8.61. The molecule has 0 spiro atoms. The van der Waals surface area contributed by atoms with Gasteiger partial charge in [-0.05, 0) is 31.5 Å². The summed E-state index contributed by atoms with van der Waals surface area (Å²) in [7, 11) is 1.76. The van der Waals surface area contributed by atoms with E-state index in [-0.39, 0.29) is 24.0 Å². The number of thioether (sulfide) groups is 1. The number of nitrogens with zero attached hydrogens (tertiary/aromatic N) is 4. The van der Waals surface area contributed by atoms with E-state index in [1.54, 1.807) is 23.7 Å². The van der Waals surface area contributed by atoms with E-state index in [1.165, 1.54) is 23.1 Å².